The van der Waals surface area contributed by atoms with E-state index in [1.807, 2.05) is 25.1 Å². The molecule has 0 unspecified atom stereocenters. The summed E-state index contributed by atoms with van der Waals surface area (Å²) >= 11 is 0. The molecule has 0 aliphatic rings. The van der Waals surface area contributed by atoms with Crippen molar-refractivity contribution >= 4 is 17.6 Å². The molecule has 0 radical (unpaired) electrons. The second-order valence-corrected chi connectivity index (χ2v) is 4.27. The van der Waals surface area contributed by atoms with Gasteiger partial charge >= 0.3 is 5.97 Å². The highest BCUT2D eigenvalue weighted by molar-refractivity contribution is 5.92. The number of carboxylic acids is 1. The maximum Gasteiger partial charge on any atom is 0.317 e. The molecule has 0 bridgehead atoms. The fraction of sp³-hybridized carbons (Fsp3) is 0.286. The van der Waals surface area contributed by atoms with E-state index in [1.54, 1.807) is 12.1 Å². The van der Waals surface area contributed by atoms with Crippen LogP contribution in [-0.4, -0.2) is 41.5 Å². The molecule has 102 valence electrons. The van der Waals surface area contributed by atoms with Gasteiger partial charge in [0.2, 0.25) is 5.91 Å². The summed E-state index contributed by atoms with van der Waals surface area (Å²) in [5, 5.41) is 11.5. The van der Waals surface area contributed by atoms with Gasteiger partial charge in [0.05, 0.1) is 13.1 Å². The fourth-order valence-corrected chi connectivity index (χ4v) is 1.69. The van der Waals surface area contributed by atoms with Crippen molar-refractivity contribution in [3.63, 3.8) is 0 Å². The van der Waals surface area contributed by atoms with Crippen LogP contribution < -0.4 is 5.32 Å². The minimum atomic E-state index is -0.967. The quantitative estimate of drug-likeness (QED) is 0.731. The van der Waals surface area contributed by atoms with E-state index in [0.717, 1.165) is 5.56 Å². The van der Waals surface area contributed by atoms with Crippen LogP contribution in [0.4, 0.5) is 5.69 Å². The predicted molar refractivity (Wildman–Crippen MR) is 74.1 cm³/mol. The summed E-state index contributed by atoms with van der Waals surface area (Å²) in [5.41, 5.74) is 1.75. The highest BCUT2D eigenvalue weighted by Gasteiger charge is 2.12. The number of carboxylic acid groups (broad SMARTS) is 1. The van der Waals surface area contributed by atoms with Crippen molar-refractivity contribution in [1.29, 1.82) is 0 Å². The molecule has 1 aromatic carbocycles. The van der Waals surface area contributed by atoms with Crippen LogP contribution in [0.15, 0.2) is 36.9 Å². The maximum absolute atomic E-state index is 11.8. The molecule has 1 rings (SSSR count). The number of amides is 1. The molecule has 0 aliphatic carbocycles. The number of carbonyl (C=O) groups excluding carboxylic acids is 1. The standard InChI is InChI=1S/C14H18N2O3/c1-3-7-16(10-14(18)19)9-13(17)15-12-6-4-5-11(2)8-12/h3-6,8H,1,7,9-10H2,2H3,(H,15,17)(H,18,19). The van der Waals surface area contributed by atoms with Crippen LogP contribution >= 0.6 is 0 Å². The van der Waals surface area contributed by atoms with Crippen LogP contribution in [0.1, 0.15) is 5.56 Å². The Hall–Kier alpha value is -2.14. The van der Waals surface area contributed by atoms with Crippen molar-refractivity contribution < 1.29 is 14.7 Å². The topological polar surface area (TPSA) is 69.6 Å². The van der Waals surface area contributed by atoms with E-state index in [1.165, 1.54) is 4.90 Å². The number of nitrogens with zero attached hydrogens (tertiary/aromatic N) is 1. The Kier molecular flexibility index (Phi) is 5.75. The average Bonchev–Trinajstić information content (AvgIpc) is 2.27. The molecule has 0 spiro atoms. The van der Waals surface area contributed by atoms with Crippen LogP contribution in [0.3, 0.4) is 0 Å². The second kappa shape index (κ2) is 7.33. The van der Waals surface area contributed by atoms with Crippen molar-refractivity contribution in [2.45, 2.75) is 6.92 Å². The zero-order chi connectivity index (χ0) is 14.3. The van der Waals surface area contributed by atoms with E-state index >= 15 is 0 Å². The van der Waals surface area contributed by atoms with E-state index in [2.05, 4.69) is 11.9 Å². The Labute approximate surface area is 112 Å². The normalized spacial score (nSPS) is 10.2. The first-order chi connectivity index (χ1) is 9.01. The summed E-state index contributed by atoms with van der Waals surface area (Å²) in [7, 11) is 0. The lowest BCUT2D eigenvalue weighted by molar-refractivity contribution is -0.138. The van der Waals surface area contributed by atoms with Crippen LogP contribution in [0.2, 0.25) is 0 Å². The van der Waals surface area contributed by atoms with Crippen LogP contribution in [0.25, 0.3) is 0 Å². The van der Waals surface area contributed by atoms with Gasteiger partial charge in [0.25, 0.3) is 0 Å². The first-order valence-electron chi connectivity index (χ1n) is 5.93. The molecular formula is C14H18N2O3. The molecule has 0 aliphatic heterocycles. The Balaban J connectivity index is 2.57. The molecule has 5 heteroatoms. The molecule has 0 fully saturated rings. The first kappa shape index (κ1) is 14.9. The summed E-state index contributed by atoms with van der Waals surface area (Å²) < 4.78 is 0. The molecule has 0 heterocycles. The molecule has 0 aromatic heterocycles. The van der Waals surface area contributed by atoms with Gasteiger partial charge in [0.15, 0.2) is 0 Å². The Bertz CT molecular complexity index is 472. The van der Waals surface area contributed by atoms with Crippen molar-refractivity contribution in [2.24, 2.45) is 0 Å². The van der Waals surface area contributed by atoms with Gasteiger partial charge in [-0.2, -0.15) is 0 Å². The van der Waals surface area contributed by atoms with E-state index in [9.17, 15) is 9.59 Å². The van der Waals surface area contributed by atoms with Gasteiger partial charge in [0.1, 0.15) is 0 Å². The van der Waals surface area contributed by atoms with Gasteiger partial charge in [-0.15, -0.1) is 6.58 Å². The maximum atomic E-state index is 11.8. The van der Waals surface area contributed by atoms with E-state index in [0.29, 0.717) is 12.2 Å². The average molecular weight is 262 g/mol. The molecule has 5 nitrogen and oxygen atoms in total. The highest BCUT2D eigenvalue weighted by Crippen LogP contribution is 2.09. The molecule has 0 atom stereocenters. The van der Waals surface area contributed by atoms with Crippen molar-refractivity contribution in [3.8, 4) is 0 Å². The number of rotatable bonds is 7. The number of benzene rings is 1. The third-order valence-corrected chi connectivity index (χ3v) is 2.42. The SMILES string of the molecule is C=CCN(CC(=O)O)CC(=O)Nc1cccc(C)c1. The van der Waals surface area contributed by atoms with Crippen LogP contribution in [-0.2, 0) is 9.59 Å². The number of aryl methyl sites for hydroxylation is 1. The molecule has 0 saturated heterocycles. The zero-order valence-electron chi connectivity index (χ0n) is 10.9. The smallest absolute Gasteiger partial charge is 0.317 e. The number of nitrogens with one attached hydrogen (secondary N) is 1. The summed E-state index contributed by atoms with van der Waals surface area (Å²) in [6.45, 7) is 5.67. The minimum absolute atomic E-state index is 0.0201. The number of aliphatic carboxylic acids is 1. The highest BCUT2D eigenvalue weighted by atomic mass is 16.4. The van der Waals surface area contributed by atoms with Gasteiger partial charge in [0, 0.05) is 12.2 Å². The van der Waals surface area contributed by atoms with E-state index < -0.39 is 5.97 Å². The lowest BCUT2D eigenvalue weighted by Crippen LogP contribution is -2.37. The summed E-state index contributed by atoms with van der Waals surface area (Å²) in [6.07, 6.45) is 1.57. The lowest BCUT2D eigenvalue weighted by atomic mass is 10.2. The van der Waals surface area contributed by atoms with Crippen LogP contribution in [0.5, 0.6) is 0 Å². The molecule has 0 saturated carbocycles. The van der Waals surface area contributed by atoms with Gasteiger partial charge in [-0.1, -0.05) is 18.2 Å². The van der Waals surface area contributed by atoms with E-state index in [-0.39, 0.29) is 19.0 Å². The number of hydrogen-bond acceptors (Lipinski definition) is 3. The molecular weight excluding hydrogens is 244 g/mol. The fourth-order valence-electron chi connectivity index (χ4n) is 1.69. The van der Waals surface area contributed by atoms with Gasteiger partial charge < -0.3 is 10.4 Å². The number of hydrogen-bond donors (Lipinski definition) is 2. The first-order valence-corrected chi connectivity index (χ1v) is 5.93. The predicted octanol–water partition coefficient (Wildman–Crippen LogP) is 1.51. The number of anilines is 1. The Morgan fingerprint density at radius 1 is 1.42 bits per heavy atom. The summed E-state index contributed by atoms with van der Waals surface area (Å²) in [6, 6.07) is 7.43. The Morgan fingerprint density at radius 2 is 2.16 bits per heavy atom. The van der Waals surface area contributed by atoms with Crippen molar-refractivity contribution in [2.75, 3.05) is 25.0 Å². The minimum Gasteiger partial charge on any atom is -0.480 e. The zero-order valence-corrected chi connectivity index (χ0v) is 10.9. The van der Waals surface area contributed by atoms with Gasteiger partial charge in [-0.25, -0.2) is 0 Å². The molecule has 1 amide bonds. The monoisotopic (exact) mass is 262 g/mol. The molecule has 19 heavy (non-hydrogen) atoms. The molecule has 1 aromatic rings. The third-order valence-electron chi connectivity index (χ3n) is 2.42. The van der Waals surface area contributed by atoms with Crippen LogP contribution in [0, 0.1) is 6.92 Å². The lowest BCUT2D eigenvalue weighted by Gasteiger charge is -2.17. The second-order valence-electron chi connectivity index (χ2n) is 4.27. The third kappa shape index (κ3) is 5.83. The summed E-state index contributed by atoms with van der Waals surface area (Å²) in [5.74, 6) is -1.21. The van der Waals surface area contributed by atoms with Gasteiger partial charge in [-0.05, 0) is 24.6 Å². The van der Waals surface area contributed by atoms with Gasteiger partial charge in [-0.3, -0.25) is 14.5 Å². The van der Waals surface area contributed by atoms with Crippen molar-refractivity contribution in [3.05, 3.63) is 42.5 Å². The largest absolute Gasteiger partial charge is 0.480 e. The Morgan fingerprint density at radius 3 is 2.74 bits per heavy atom. The number of carbonyl (C=O) groups is 2. The van der Waals surface area contributed by atoms with E-state index in [4.69, 9.17) is 5.11 Å². The van der Waals surface area contributed by atoms with Crippen molar-refractivity contribution in [1.82, 2.24) is 4.90 Å². The molecule has 2 N–H and O–H groups in total. The summed E-state index contributed by atoms with van der Waals surface area (Å²) in [4.78, 5) is 24.0.